The predicted octanol–water partition coefficient (Wildman–Crippen LogP) is 4.59. The van der Waals surface area contributed by atoms with Crippen molar-refractivity contribution in [1.82, 2.24) is 9.55 Å². The highest BCUT2D eigenvalue weighted by Crippen LogP contribution is 2.30. The third kappa shape index (κ3) is 3.83. The average molecular weight is 401 g/mol. The lowest BCUT2D eigenvalue weighted by molar-refractivity contribution is -0.141. The van der Waals surface area contributed by atoms with Crippen molar-refractivity contribution < 1.29 is 22.7 Å². The first-order chi connectivity index (χ1) is 13.8. The summed E-state index contributed by atoms with van der Waals surface area (Å²) in [5, 5.41) is 3.78. The van der Waals surface area contributed by atoms with E-state index in [2.05, 4.69) is 10.3 Å². The Kier molecular flexibility index (Phi) is 4.77. The molecule has 5 nitrogen and oxygen atoms in total. The summed E-state index contributed by atoms with van der Waals surface area (Å²) in [4.78, 5) is 16.1. The van der Waals surface area contributed by atoms with Crippen LogP contribution in [0.3, 0.4) is 0 Å². The second kappa shape index (κ2) is 7.27. The lowest BCUT2D eigenvalue weighted by atomic mass is 10.0. The van der Waals surface area contributed by atoms with Crippen molar-refractivity contribution in [2.24, 2.45) is 5.92 Å². The molecule has 3 heterocycles. The van der Waals surface area contributed by atoms with Gasteiger partial charge in [-0.15, -0.1) is 0 Å². The molecular weight excluding hydrogens is 383 g/mol. The summed E-state index contributed by atoms with van der Waals surface area (Å²) in [7, 11) is 0. The summed E-state index contributed by atoms with van der Waals surface area (Å²) < 4.78 is 45.3. The Labute approximate surface area is 164 Å². The Balaban J connectivity index is 1.60. The van der Waals surface area contributed by atoms with Crippen LogP contribution >= 0.6 is 0 Å². The molecule has 2 unspecified atom stereocenters. The molecule has 0 saturated heterocycles. The van der Waals surface area contributed by atoms with Gasteiger partial charge in [-0.25, -0.2) is 0 Å². The number of aromatic nitrogens is 2. The second-order valence-electron chi connectivity index (χ2n) is 6.92. The maximum absolute atomic E-state index is 12.7. The number of rotatable bonds is 4. The van der Waals surface area contributed by atoms with Crippen molar-refractivity contribution in [3.8, 4) is 0 Å². The van der Waals surface area contributed by atoms with Crippen LogP contribution in [0.1, 0.15) is 18.2 Å². The normalized spacial score (nSPS) is 18.8. The van der Waals surface area contributed by atoms with Gasteiger partial charge in [-0.2, -0.15) is 13.2 Å². The van der Waals surface area contributed by atoms with Gasteiger partial charge >= 0.3 is 6.18 Å². The first kappa shape index (κ1) is 19.0. The SMILES string of the molecule is CC1OC=CC1C(=O)Nc1cn(Cc2ccc(C(F)(F)F)nc2)c2ccccc12. The maximum atomic E-state index is 12.7. The van der Waals surface area contributed by atoms with E-state index in [4.69, 9.17) is 4.74 Å². The van der Waals surface area contributed by atoms with Crippen LogP contribution in [-0.2, 0) is 22.3 Å². The number of hydrogen-bond donors (Lipinski definition) is 1. The van der Waals surface area contributed by atoms with E-state index in [1.807, 2.05) is 35.8 Å². The number of para-hydroxylation sites is 1. The molecule has 2 aromatic heterocycles. The number of fused-ring (bicyclic) bond motifs is 1. The number of carbonyl (C=O) groups excluding carboxylic acids is 1. The summed E-state index contributed by atoms with van der Waals surface area (Å²) in [6.45, 7) is 2.15. The van der Waals surface area contributed by atoms with Crippen LogP contribution in [0.2, 0.25) is 0 Å². The van der Waals surface area contributed by atoms with Crippen LogP contribution in [0.5, 0.6) is 0 Å². The van der Waals surface area contributed by atoms with Gasteiger partial charge in [0.1, 0.15) is 11.8 Å². The van der Waals surface area contributed by atoms with E-state index in [0.717, 1.165) is 17.0 Å². The average Bonchev–Trinajstić information content (AvgIpc) is 3.26. The van der Waals surface area contributed by atoms with Crippen LogP contribution in [0.25, 0.3) is 10.9 Å². The molecule has 150 valence electrons. The molecule has 0 aliphatic carbocycles. The molecule has 3 aromatic rings. The summed E-state index contributed by atoms with van der Waals surface area (Å²) in [6, 6.07) is 9.89. The molecule has 0 radical (unpaired) electrons. The van der Waals surface area contributed by atoms with Gasteiger partial charge in [-0.3, -0.25) is 9.78 Å². The fourth-order valence-electron chi connectivity index (χ4n) is 3.37. The van der Waals surface area contributed by atoms with E-state index in [-0.39, 0.29) is 17.9 Å². The molecule has 8 heteroatoms. The van der Waals surface area contributed by atoms with Crippen molar-refractivity contribution in [1.29, 1.82) is 0 Å². The van der Waals surface area contributed by atoms with Crippen LogP contribution in [-0.4, -0.2) is 21.6 Å². The van der Waals surface area contributed by atoms with Gasteiger partial charge in [0.25, 0.3) is 0 Å². The minimum atomic E-state index is -4.47. The number of nitrogens with zero attached hydrogens (tertiary/aromatic N) is 2. The van der Waals surface area contributed by atoms with E-state index in [1.165, 1.54) is 18.5 Å². The number of carbonyl (C=O) groups is 1. The Bertz CT molecular complexity index is 1070. The van der Waals surface area contributed by atoms with E-state index >= 15 is 0 Å². The first-order valence-electron chi connectivity index (χ1n) is 9.06. The molecule has 1 aliphatic rings. The molecule has 1 N–H and O–H groups in total. The molecule has 4 rings (SSSR count). The van der Waals surface area contributed by atoms with Crippen molar-refractivity contribution >= 4 is 22.5 Å². The lowest BCUT2D eigenvalue weighted by Gasteiger charge is -2.13. The summed E-state index contributed by atoms with van der Waals surface area (Å²) >= 11 is 0. The number of nitrogens with one attached hydrogen (secondary N) is 1. The number of pyridine rings is 1. The summed E-state index contributed by atoms with van der Waals surface area (Å²) in [5.41, 5.74) is 1.19. The van der Waals surface area contributed by atoms with Crippen molar-refractivity contribution in [3.63, 3.8) is 0 Å². The quantitative estimate of drug-likeness (QED) is 0.696. The zero-order valence-corrected chi connectivity index (χ0v) is 15.5. The van der Waals surface area contributed by atoms with E-state index in [1.54, 1.807) is 12.3 Å². The molecule has 0 fully saturated rings. The minimum absolute atomic E-state index is 0.176. The Hall–Kier alpha value is -3.29. The van der Waals surface area contributed by atoms with Gasteiger partial charge < -0.3 is 14.6 Å². The van der Waals surface area contributed by atoms with Gasteiger partial charge in [0.2, 0.25) is 5.91 Å². The van der Waals surface area contributed by atoms with E-state index in [9.17, 15) is 18.0 Å². The number of benzene rings is 1. The highest BCUT2D eigenvalue weighted by molar-refractivity contribution is 6.03. The van der Waals surface area contributed by atoms with Crippen LogP contribution < -0.4 is 5.32 Å². The maximum Gasteiger partial charge on any atom is 0.433 e. The van der Waals surface area contributed by atoms with Crippen molar-refractivity contribution in [2.75, 3.05) is 5.32 Å². The largest absolute Gasteiger partial charge is 0.497 e. The van der Waals surface area contributed by atoms with Gasteiger partial charge in [-0.05, 0) is 30.7 Å². The molecular formula is C21H18F3N3O2. The second-order valence-corrected chi connectivity index (χ2v) is 6.92. The molecule has 2 atom stereocenters. The topological polar surface area (TPSA) is 56.1 Å². The molecule has 1 amide bonds. The zero-order chi connectivity index (χ0) is 20.6. The molecule has 0 saturated carbocycles. The zero-order valence-electron chi connectivity index (χ0n) is 15.5. The third-order valence-electron chi connectivity index (χ3n) is 4.90. The molecule has 0 spiro atoms. The lowest BCUT2D eigenvalue weighted by Crippen LogP contribution is -2.27. The summed E-state index contributed by atoms with van der Waals surface area (Å²) in [5.74, 6) is -0.554. The summed E-state index contributed by atoms with van der Waals surface area (Å²) in [6.07, 6.45) is 1.54. The minimum Gasteiger partial charge on any atom is -0.497 e. The fourth-order valence-corrected chi connectivity index (χ4v) is 3.37. The Morgan fingerprint density at radius 2 is 2.03 bits per heavy atom. The highest BCUT2D eigenvalue weighted by Gasteiger charge is 2.32. The van der Waals surface area contributed by atoms with E-state index < -0.39 is 11.9 Å². The number of alkyl halides is 3. The number of amides is 1. The monoisotopic (exact) mass is 401 g/mol. The number of anilines is 1. The van der Waals surface area contributed by atoms with Gasteiger partial charge in [-0.1, -0.05) is 24.3 Å². The van der Waals surface area contributed by atoms with E-state index in [0.29, 0.717) is 17.8 Å². The standard InChI is InChI=1S/C21H18F3N3O2/c1-13-15(8-9-29-13)20(28)26-17-12-27(18-5-3-2-4-16(17)18)11-14-6-7-19(25-10-14)21(22,23)24/h2-10,12-13,15H,11H2,1H3,(H,26,28). The Morgan fingerprint density at radius 1 is 1.24 bits per heavy atom. The number of halogens is 3. The fraction of sp³-hybridized carbons (Fsp3) is 0.238. The van der Waals surface area contributed by atoms with Gasteiger partial charge in [0.05, 0.1) is 23.4 Å². The number of ether oxygens (including phenoxy) is 1. The molecule has 1 aliphatic heterocycles. The van der Waals surface area contributed by atoms with Gasteiger partial charge in [0, 0.05) is 24.3 Å². The first-order valence-corrected chi connectivity index (χ1v) is 9.06. The molecule has 0 bridgehead atoms. The Morgan fingerprint density at radius 3 is 2.69 bits per heavy atom. The molecule has 1 aromatic carbocycles. The highest BCUT2D eigenvalue weighted by atomic mass is 19.4. The molecule has 29 heavy (non-hydrogen) atoms. The van der Waals surface area contributed by atoms with Crippen molar-refractivity contribution in [3.05, 3.63) is 72.4 Å². The third-order valence-corrected chi connectivity index (χ3v) is 4.90. The van der Waals surface area contributed by atoms with Crippen molar-refractivity contribution in [2.45, 2.75) is 25.7 Å². The van der Waals surface area contributed by atoms with Gasteiger partial charge in [0.15, 0.2) is 0 Å². The number of hydrogen-bond acceptors (Lipinski definition) is 3. The van der Waals surface area contributed by atoms with Crippen LogP contribution in [0, 0.1) is 5.92 Å². The predicted molar refractivity (Wildman–Crippen MR) is 102 cm³/mol. The smallest absolute Gasteiger partial charge is 0.433 e. The van der Waals surface area contributed by atoms with Crippen LogP contribution in [0.15, 0.2) is 61.1 Å². The van der Waals surface area contributed by atoms with Crippen LogP contribution in [0.4, 0.5) is 18.9 Å².